The van der Waals surface area contributed by atoms with Crippen molar-refractivity contribution in [1.29, 1.82) is 0 Å². The van der Waals surface area contributed by atoms with Gasteiger partial charge in [0.2, 0.25) is 0 Å². The molecule has 0 saturated heterocycles. The molecule has 1 aliphatic heterocycles. The molecule has 1 amide bonds. The molecule has 2 unspecified atom stereocenters. The third-order valence-electron chi connectivity index (χ3n) is 6.36. The van der Waals surface area contributed by atoms with Gasteiger partial charge >= 0.3 is 0 Å². The molecule has 2 aliphatic rings. The number of amides is 1. The molecule has 0 spiro atoms. The molecule has 2 atom stereocenters. The Morgan fingerprint density at radius 3 is 2.65 bits per heavy atom. The van der Waals surface area contributed by atoms with Crippen LogP contribution >= 0.6 is 11.3 Å². The topological polar surface area (TPSA) is 71.1 Å². The zero-order valence-corrected chi connectivity index (χ0v) is 19.7. The zero-order valence-electron chi connectivity index (χ0n) is 18.9. The average molecular weight is 474 g/mol. The number of thiophene rings is 1. The number of carbonyl (C=O) groups excluding carboxylic acids is 2. The number of halogens is 1. The molecule has 34 heavy (non-hydrogen) atoms. The lowest BCUT2D eigenvalue weighted by molar-refractivity contribution is -0.116. The van der Waals surface area contributed by atoms with Crippen LogP contribution in [0.5, 0.6) is 0 Å². The number of Topliss-reactive ketones (excluding diaryl/α,β-unsaturated/α-hetero) is 1. The van der Waals surface area contributed by atoms with Crippen molar-refractivity contribution >= 4 is 28.8 Å². The number of dihydropyridines is 1. The molecule has 1 aliphatic carbocycles. The Kier molecular flexibility index (Phi) is 5.87. The highest BCUT2D eigenvalue weighted by Crippen LogP contribution is 2.46. The van der Waals surface area contributed by atoms with Crippen molar-refractivity contribution in [2.45, 2.75) is 38.5 Å². The van der Waals surface area contributed by atoms with Gasteiger partial charge in [0.1, 0.15) is 11.6 Å². The fourth-order valence-electron chi connectivity index (χ4n) is 4.88. The van der Waals surface area contributed by atoms with Crippen LogP contribution in [0.2, 0.25) is 0 Å². The minimum Gasteiger partial charge on any atom is -0.362 e. The van der Waals surface area contributed by atoms with Gasteiger partial charge in [-0.05, 0) is 49.9 Å². The summed E-state index contributed by atoms with van der Waals surface area (Å²) in [4.78, 5) is 32.5. The largest absolute Gasteiger partial charge is 0.362 e. The van der Waals surface area contributed by atoms with E-state index < -0.39 is 17.6 Å². The number of aryl methyl sites for hydroxylation is 1. The first-order chi connectivity index (χ1) is 16.4. The number of allylic oxidation sites excluding steroid dienone is 3. The van der Waals surface area contributed by atoms with Crippen molar-refractivity contribution in [3.63, 3.8) is 0 Å². The summed E-state index contributed by atoms with van der Waals surface area (Å²) < 4.78 is 15.1. The summed E-state index contributed by atoms with van der Waals surface area (Å²) in [6, 6.07) is 15.7. The number of nitrogens with one attached hydrogen (secondary N) is 2. The SMILES string of the molecule is CC1=C(C(=O)Nc2cccc(C)n2)C(c2ccccc2F)C2=C(CC(c3cccs3)CC2=O)N1. The third-order valence-corrected chi connectivity index (χ3v) is 7.40. The van der Waals surface area contributed by atoms with Crippen LogP contribution in [0.1, 0.15) is 47.7 Å². The van der Waals surface area contributed by atoms with Crippen molar-refractivity contribution in [1.82, 2.24) is 10.3 Å². The van der Waals surface area contributed by atoms with E-state index in [4.69, 9.17) is 0 Å². The molecular formula is C27H24FN3O2S. The first-order valence-corrected chi connectivity index (χ1v) is 12.1. The minimum atomic E-state index is -0.793. The highest BCUT2D eigenvalue weighted by Gasteiger charge is 2.42. The van der Waals surface area contributed by atoms with Crippen LogP contribution in [0, 0.1) is 12.7 Å². The van der Waals surface area contributed by atoms with Gasteiger partial charge in [0, 0.05) is 56.9 Å². The molecule has 2 aromatic heterocycles. The van der Waals surface area contributed by atoms with Gasteiger partial charge in [0.25, 0.3) is 5.91 Å². The van der Waals surface area contributed by atoms with Crippen LogP contribution in [-0.2, 0) is 9.59 Å². The molecule has 1 aromatic carbocycles. The number of anilines is 1. The van der Waals surface area contributed by atoms with Crippen molar-refractivity contribution in [3.05, 3.63) is 104 Å². The molecule has 3 aromatic rings. The van der Waals surface area contributed by atoms with E-state index in [-0.39, 0.29) is 11.7 Å². The second kappa shape index (κ2) is 8.99. The highest BCUT2D eigenvalue weighted by molar-refractivity contribution is 7.10. The van der Waals surface area contributed by atoms with Gasteiger partial charge in [0.15, 0.2) is 5.78 Å². The lowest BCUT2D eigenvalue weighted by atomic mass is 9.72. The third kappa shape index (κ3) is 4.07. The van der Waals surface area contributed by atoms with E-state index in [0.29, 0.717) is 41.1 Å². The summed E-state index contributed by atoms with van der Waals surface area (Å²) in [5.41, 5.74) is 3.27. The van der Waals surface area contributed by atoms with Gasteiger partial charge in [-0.1, -0.05) is 30.3 Å². The predicted octanol–water partition coefficient (Wildman–Crippen LogP) is 5.59. The summed E-state index contributed by atoms with van der Waals surface area (Å²) in [5, 5.41) is 8.18. The monoisotopic (exact) mass is 473 g/mol. The number of carbonyl (C=O) groups is 2. The van der Waals surface area contributed by atoms with E-state index in [0.717, 1.165) is 16.3 Å². The van der Waals surface area contributed by atoms with Gasteiger partial charge in [-0.15, -0.1) is 11.3 Å². The number of aromatic nitrogens is 1. The predicted molar refractivity (Wildman–Crippen MR) is 131 cm³/mol. The fourth-order valence-corrected chi connectivity index (χ4v) is 5.71. The van der Waals surface area contributed by atoms with Gasteiger partial charge in [0.05, 0.1) is 0 Å². The number of benzene rings is 1. The van der Waals surface area contributed by atoms with Crippen LogP contribution in [-0.4, -0.2) is 16.7 Å². The molecule has 3 heterocycles. The molecule has 172 valence electrons. The molecule has 5 rings (SSSR count). The second-order valence-electron chi connectivity index (χ2n) is 8.67. The highest BCUT2D eigenvalue weighted by atomic mass is 32.1. The van der Waals surface area contributed by atoms with E-state index in [1.54, 1.807) is 42.5 Å². The standard InChI is InChI=1S/C27H24FN3O2S/c1-15-7-5-11-23(29-15)31-27(33)24-16(2)30-20-13-17(22-10-6-12-34-22)14-21(32)26(20)25(24)18-8-3-4-9-19(18)28/h3-12,17,25,30H,13-14H2,1-2H3,(H,29,31,33). The molecule has 0 fully saturated rings. The molecule has 7 heteroatoms. The van der Waals surface area contributed by atoms with E-state index in [1.165, 1.54) is 6.07 Å². The second-order valence-corrected chi connectivity index (χ2v) is 9.65. The van der Waals surface area contributed by atoms with Crippen LogP contribution in [0.4, 0.5) is 10.2 Å². The van der Waals surface area contributed by atoms with Gasteiger partial charge in [-0.2, -0.15) is 0 Å². The number of hydrogen-bond donors (Lipinski definition) is 2. The molecule has 5 nitrogen and oxygen atoms in total. The molecule has 2 N–H and O–H groups in total. The van der Waals surface area contributed by atoms with E-state index >= 15 is 4.39 Å². The summed E-state index contributed by atoms with van der Waals surface area (Å²) in [6.07, 6.45) is 0.970. The molecule has 0 bridgehead atoms. The van der Waals surface area contributed by atoms with Crippen molar-refractivity contribution in [3.8, 4) is 0 Å². The van der Waals surface area contributed by atoms with Gasteiger partial charge in [-0.3, -0.25) is 9.59 Å². The Bertz CT molecular complexity index is 1340. The minimum absolute atomic E-state index is 0.0631. The van der Waals surface area contributed by atoms with Crippen molar-refractivity contribution in [2.24, 2.45) is 0 Å². The van der Waals surface area contributed by atoms with E-state index in [9.17, 15) is 9.59 Å². The number of nitrogens with zero attached hydrogens (tertiary/aromatic N) is 1. The number of pyridine rings is 1. The molecule has 0 radical (unpaired) electrons. The summed E-state index contributed by atoms with van der Waals surface area (Å²) >= 11 is 1.63. The molecular weight excluding hydrogens is 449 g/mol. The van der Waals surface area contributed by atoms with Crippen LogP contribution in [0.25, 0.3) is 0 Å². The number of hydrogen-bond acceptors (Lipinski definition) is 5. The lowest BCUT2D eigenvalue weighted by Gasteiger charge is -2.36. The van der Waals surface area contributed by atoms with Crippen molar-refractivity contribution in [2.75, 3.05) is 5.32 Å². The van der Waals surface area contributed by atoms with E-state index in [1.807, 2.05) is 36.6 Å². The first-order valence-electron chi connectivity index (χ1n) is 11.2. The Hall–Kier alpha value is -3.58. The zero-order chi connectivity index (χ0) is 23.8. The average Bonchev–Trinajstić information content (AvgIpc) is 3.33. The van der Waals surface area contributed by atoms with Crippen LogP contribution in [0.3, 0.4) is 0 Å². The summed E-state index contributed by atoms with van der Waals surface area (Å²) in [5.74, 6) is -1.23. The summed E-state index contributed by atoms with van der Waals surface area (Å²) in [7, 11) is 0. The Morgan fingerprint density at radius 1 is 1.09 bits per heavy atom. The normalized spacial score (nSPS) is 20.1. The van der Waals surface area contributed by atoms with Crippen molar-refractivity contribution < 1.29 is 14.0 Å². The maximum Gasteiger partial charge on any atom is 0.255 e. The Balaban J connectivity index is 1.58. The van der Waals surface area contributed by atoms with Crippen LogP contribution < -0.4 is 10.6 Å². The maximum atomic E-state index is 15.1. The Labute approximate surface area is 201 Å². The summed E-state index contributed by atoms with van der Waals surface area (Å²) in [6.45, 7) is 3.64. The maximum absolute atomic E-state index is 15.1. The van der Waals surface area contributed by atoms with E-state index in [2.05, 4.69) is 15.6 Å². The number of rotatable bonds is 4. The number of ketones is 1. The van der Waals surface area contributed by atoms with Gasteiger partial charge in [-0.25, -0.2) is 9.37 Å². The molecule has 0 saturated carbocycles. The quantitative estimate of drug-likeness (QED) is 0.518. The Morgan fingerprint density at radius 2 is 1.91 bits per heavy atom. The van der Waals surface area contributed by atoms with Crippen LogP contribution in [0.15, 0.2) is 82.5 Å². The lowest BCUT2D eigenvalue weighted by Crippen LogP contribution is -2.37. The van der Waals surface area contributed by atoms with Gasteiger partial charge < -0.3 is 10.6 Å². The fraction of sp³-hybridized carbons (Fsp3) is 0.222. The smallest absolute Gasteiger partial charge is 0.255 e. The first kappa shape index (κ1) is 22.2.